The highest BCUT2D eigenvalue weighted by molar-refractivity contribution is 6.33. The minimum atomic E-state index is -0.161. The highest BCUT2D eigenvalue weighted by Gasteiger charge is 2.17. The Morgan fingerprint density at radius 2 is 2.17 bits per heavy atom. The van der Waals surface area contributed by atoms with Crippen LogP contribution in [0.3, 0.4) is 0 Å². The van der Waals surface area contributed by atoms with Crippen LogP contribution in [0.2, 0.25) is 5.02 Å². The van der Waals surface area contributed by atoms with Crippen LogP contribution in [0, 0.1) is 0 Å². The first-order chi connectivity index (χ1) is 8.60. The number of amides is 1. The predicted molar refractivity (Wildman–Crippen MR) is 73.0 cm³/mol. The maximum absolute atomic E-state index is 12.3. The van der Waals surface area contributed by atoms with E-state index in [0.717, 1.165) is 12.8 Å². The third-order valence-corrected chi connectivity index (χ3v) is 2.92. The minimum Gasteiger partial charge on any atom is -0.508 e. The molecule has 1 aromatic rings. The Hall–Kier alpha value is -1.26. The molecule has 5 heteroatoms. The summed E-state index contributed by atoms with van der Waals surface area (Å²) in [5, 5.41) is 9.78. The fourth-order valence-electron chi connectivity index (χ4n) is 1.71. The van der Waals surface area contributed by atoms with Crippen molar-refractivity contribution in [2.45, 2.75) is 19.8 Å². The number of aromatic hydroxyl groups is 1. The number of rotatable bonds is 6. The van der Waals surface area contributed by atoms with Crippen molar-refractivity contribution in [2.75, 3.05) is 19.6 Å². The van der Waals surface area contributed by atoms with E-state index < -0.39 is 0 Å². The van der Waals surface area contributed by atoms with Gasteiger partial charge in [-0.15, -0.1) is 0 Å². The Labute approximate surface area is 112 Å². The molecule has 3 N–H and O–H groups in total. The Morgan fingerprint density at radius 1 is 1.44 bits per heavy atom. The van der Waals surface area contributed by atoms with Crippen LogP contribution in [-0.2, 0) is 0 Å². The number of nitrogens with zero attached hydrogens (tertiary/aromatic N) is 1. The average molecular weight is 271 g/mol. The lowest BCUT2D eigenvalue weighted by Crippen LogP contribution is -2.33. The highest BCUT2D eigenvalue weighted by Crippen LogP contribution is 2.22. The molecule has 0 fully saturated rings. The molecule has 1 rings (SSSR count). The summed E-state index contributed by atoms with van der Waals surface area (Å²) in [5.41, 5.74) is 5.80. The van der Waals surface area contributed by atoms with Gasteiger partial charge in [0.05, 0.1) is 10.6 Å². The fourth-order valence-corrected chi connectivity index (χ4v) is 1.91. The standard InChI is InChI=1S/C13H19ClN2O2/c1-2-7-16(8-3-6-15)13(18)11-9-10(17)4-5-12(11)14/h4-5,9,17H,2-3,6-8,15H2,1H3. The van der Waals surface area contributed by atoms with Gasteiger partial charge >= 0.3 is 0 Å². The quantitative estimate of drug-likeness (QED) is 0.833. The number of hydrogen-bond acceptors (Lipinski definition) is 3. The number of benzene rings is 1. The van der Waals surface area contributed by atoms with Crippen LogP contribution in [-0.4, -0.2) is 35.5 Å². The lowest BCUT2D eigenvalue weighted by Gasteiger charge is -2.22. The van der Waals surface area contributed by atoms with Crippen molar-refractivity contribution in [3.05, 3.63) is 28.8 Å². The molecule has 0 bridgehead atoms. The summed E-state index contributed by atoms with van der Waals surface area (Å²) in [5.74, 6) is -0.121. The van der Waals surface area contributed by atoms with E-state index in [4.69, 9.17) is 17.3 Å². The SMILES string of the molecule is CCCN(CCCN)C(=O)c1cc(O)ccc1Cl. The zero-order valence-electron chi connectivity index (χ0n) is 10.5. The molecular weight excluding hydrogens is 252 g/mol. The van der Waals surface area contributed by atoms with E-state index in [2.05, 4.69) is 0 Å². The maximum atomic E-state index is 12.3. The Bertz CT molecular complexity index is 410. The smallest absolute Gasteiger partial charge is 0.255 e. The van der Waals surface area contributed by atoms with E-state index in [1.807, 2.05) is 6.92 Å². The van der Waals surface area contributed by atoms with Gasteiger partial charge in [-0.05, 0) is 37.6 Å². The lowest BCUT2D eigenvalue weighted by atomic mass is 10.1. The molecule has 0 spiro atoms. The van der Waals surface area contributed by atoms with Gasteiger partial charge in [0.15, 0.2) is 0 Å². The number of halogens is 1. The summed E-state index contributed by atoms with van der Waals surface area (Å²) in [7, 11) is 0. The molecule has 0 unspecified atom stereocenters. The summed E-state index contributed by atoms with van der Waals surface area (Å²) >= 11 is 5.99. The molecule has 4 nitrogen and oxygen atoms in total. The maximum Gasteiger partial charge on any atom is 0.255 e. The van der Waals surface area contributed by atoms with E-state index in [1.54, 1.807) is 4.90 Å². The molecule has 0 aromatic heterocycles. The summed E-state index contributed by atoms with van der Waals surface area (Å²) in [6.07, 6.45) is 1.62. The van der Waals surface area contributed by atoms with Crippen LogP contribution in [0.25, 0.3) is 0 Å². The second kappa shape index (κ2) is 7.24. The van der Waals surface area contributed by atoms with E-state index in [1.165, 1.54) is 18.2 Å². The summed E-state index contributed by atoms with van der Waals surface area (Å²) in [6.45, 7) is 3.81. The van der Waals surface area contributed by atoms with Crippen molar-refractivity contribution >= 4 is 17.5 Å². The molecule has 0 aliphatic heterocycles. The Morgan fingerprint density at radius 3 is 2.78 bits per heavy atom. The third-order valence-electron chi connectivity index (χ3n) is 2.59. The zero-order chi connectivity index (χ0) is 13.5. The minimum absolute atomic E-state index is 0.0398. The van der Waals surface area contributed by atoms with Crippen molar-refractivity contribution in [1.82, 2.24) is 4.90 Å². The fraction of sp³-hybridized carbons (Fsp3) is 0.462. The van der Waals surface area contributed by atoms with Gasteiger partial charge in [-0.25, -0.2) is 0 Å². The highest BCUT2D eigenvalue weighted by atomic mass is 35.5. The van der Waals surface area contributed by atoms with Gasteiger partial charge < -0.3 is 15.7 Å². The van der Waals surface area contributed by atoms with Crippen molar-refractivity contribution in [3.8, 4) is 5.75 Å². The normalized spacial score (nSPS) is 10.4. The van der Waals surface area contributed by atoms with Gasteiger partial charge in [0.2, 0.25) is 0 Å². The first-order valence-electron chi connectivity index (χ1n) is 6.08. The number of nitrogens with two attached hydrogens (primary N) is 1. The van der Waals surface area contributed by atoms with Crippen LogP contribution in [0.15, 0.2) is 18.2 Å². The van der Waals surface area contributed by atoms with E-state index in [-0.39, 0.29) is 11.7 Å². The van der Waals surface area contributed by atoms with Crippen molar-refractivity contribution in [3.63, 3.8) is 0 Å². The molecule has 0 saturated heterocycles. The topological polar surface area (TPSA) is 66.6 Å². The van der Waals surface area contributed by atoms with Crippen LogP contribution in [0.5, 0.6) is 5.75 Å². The molecule has 1 amide bonds. The molecule has 0 aliphatic carbocycles. The summed E-state index contributed by atoms with van der Waals surface area (Å²) in [4.78, 5) is 14.0. The van der Waals surface area contributed by atoms with Crippen molar-refractivity contribution < 1.29 is 9.90 Å². The number of carbonyl (C=O) groups is 1. The van der Waals surface area contributed by atoms with Crippen molar-refractivity contribution in [1.29, 1.82) is 0 Å². The summed E-state index contributed by atoms with van der Waals surface area (Å²) < 4.78 is 0. The predicted octanol–water partition coefficient (Wildman–Crippen LogP) is 2.25. The van der Waals surface area contributed by atoms with Crippen LogP contribution >= 0.6 is 11.6 Å². The zero-order valence-corrected chi connectivity index (χ0v) is 11.3. The monoisotopic (exact) mass is 270 g/mol. The summed E-state index contributed by atoms with van der Waals surface area (Å²) in [6, 6.07) is 4.39. The van der Waals surface area contributed by atoms with Gasteiger partial charge in [0.25, 0.3) is 5.91 Å². The molecule has 0 saturated carbocycles. The van der Waals surface area contributed by atoms with Gasteiger partial charge in [0.1, 0.15) is 5.75 Å². The lowest BCUT2D eigenvalue weighted by molar-refractivity contribution is 0.0754. The van der Waals surface area contributed by atoms with Gasteiger partial charge in [-0.1, -0.05) is 18.5 Å². The molecule has 0 heterocycles. The van der Waals surface area contributed by atoms with Crippen molar-refractivity contribution in [2.24, 2.45) is 5.73 Å². The average Bonchev–Trinajstić information content (AvgIpc) is 2.36. The number of carbonyl (C=O) groups excluding carboxylic acids is 1. The van der Waals surface area contributed by atoms with Gasteiger partial charge in [0, 0.05) is 13.1 Å². The molecule has 100 valence electrons. The van der Waals surface area contributed by atoms with E-state index in [0.29, 0.717) is 30.2 Å². The van der Waals surface area contributed by atoms with E-state index >= 15 is 0 Å². The Balaban J connectivity index is 2.90. The van der Waals surface area contributed by atoms with E-state index in [9.17, 15) is 9.90 Å². The largest absolute Gasteiger partial charge is 0.508 e. The molecular formula is C13H19ClN2O2. The first-order valence-corrected chi connectivity index (χ1v) is 6.45. The molecule has 18 heavy (non-hydrogen) atoms. The third kappa shape index (κ3) is 3.89. The van der Waals surface area contributed by atoms with Crippen LogP contribution in [0.4, 0.5) is 0 Å². The number of hydrogen-bond donors (Lipinski definition) is 2. The molecule has 1 aromatic carbocycles. The molecule has 0 aliphatic rings. The van der Waals surface area contributed by atoms with Crippen LogP contribution in [0.1, 0.15) is 30.1 Å². The van der Waals surface area contributed by atoms with Crippen LogP contribution < -0.4 is 5.73 Å². The second-order valence-corrected chi connectivity index (χ2v) is 4.51. The van der Waals surface area contributed by atoms with Gasteiger partial charge in [-0.2, -0.15) is 0 Å². The molecule has 0 radical (unpaired) electrons. The second-order valence-electron chi connectivity index (χ2n) is 4.10. The number of phenols is 1. The van der Waals surface area contributed by atoms with Gasteiger partial charge in [-0.3, -0.25) is 4.79 Å². The first kappa shape index (κ1) is 14.8. The molecule has 0 atom stereocenters. The number of phenolic OH excluding ortho intramolecular Hbond substituents is 1. The Kier molecular flexibility index (Phi) is 5.95.